The molecule has 1 aromatic rings. The van der Waals surface area contributed by atoms with Crippen LogP contribution in [0.4, 0.5) is 5.69 Å². The highest BCUT2D eigenvalue weighted by atomic mass is 16.4. The molecule has 0 atom stereocenters. The van der Waals surface area contributed by atoms with Gasteiger partial charge in [0.2, 0.25) is 0 Å². The first kappa shape index (κ1) is 11.2. The molecule has 0 bridgehead atoms. The molecule has 0 saturated carbocycles. The van der Waals surface area contributed by atoms with E-state index in [0.29, 0.717) is 5.69 Å². The number of benzene rings is 1. The Morgan fingerprint density at radius 2 is 2.07 bits per heavy atom. The van der Waals surface area contributed by atoms with E-state index in [4.69, 9.17) is 5.11 Å². The van der Waals surface area contributed by atoms with Crippen LogP contribution >= 0.6 is 0 Å². The Balaban J connectivity index is 3.02. The van der Waals surface area contributed by atoms with Gasteiger partial charge in [-0.1, -0.05) is 25.1 Å². The number of para-hydroxylation sites is 1. The molecule has 0 fully saturated rings. The second kappa shape index (κ2) is 4.59. The third-order valence-corrected chi connectivity index (χ3v) is 2.17. The standard InChI is InChI=1S/C11H13NO3/c1-3-8-6-4-5-7(2)9(8)12-10(13)11(14)15/h4-6H,3H2,1-2H3,(H,12,13)(H,14,15). The van der Waals surface area contributed by atoms with Crippen LogP contribution < -0.4 is 5.32 Å². The van der Waals surface area contributed by atoms with Gasteiger partial charge in [-0.15, -0.1) is 0 Å². The number of hydrogen-bond acceptors (Lipinski definition) is 2. The number of carbonyl (C=O) groups excluding carboxylic acids is 1. The van der Waals surface area contributed by atoms with Gasteiger partial charge in [-0.25, -0.2) is 4.79 Å². The Labute approximate surface area is 87.9 Å². The number of anilines is 1. The molecule has 1 rings (SSSR count). The fourth-order valence-electron chi connectivity index (χ4n) is 1.37. The van der Waals surface area contributed by atoms with Crippen LogP contribution in [-0.2, 0) is 16.0 Å². The molecule has 0 unspecified atom stereocenters. The minimum atomic E-state index is -1.47. The Bertz CT molecular complexity index is 399. The van der Waals surface area contributed by atoms with Gasteiger partial charge < -0.3 is 10.4 Å². The number of amides is 1. The monoisotopic (exact) mass is 207 g/mol. The Kier molecular flexibility index (Phi) is 3.44. The van der Waals surface area contributed by atoms with E-state index < -0.39 is 11.9 Å². The highest BCUT2D eigenvalue weighted by Crippen LogP contribution is 2.20. The topological polar surface area (TPSA) is 66.4 Å². The van der Waals surface area contributed by atoms with Gasteiger partial charge in [0.1, 0.15) is 0 Å². The van der Waals surface area contributed by atoms with Crippen molar-refractivity contribution in [1.29, 1.82) is 0 Å². The number of nitrogens with one attached hydrogen (secondary N) is 1. The van der Waals surface area contributed by atoms with Gasteiger partial charge in [-0.3, -0.25) is 4.79 Å². The van der Waals surface area contributed by atoms with Crippen LogP contribution in [0.2, 0.25) is 0 Å². The Hall–Kier alpha value is -1.84. The van der Waals surface area contributed by atoms with Crippen LogP contribution in [0.5, 0.6) is 0 Å². The number of carboxylic acids is 1. The molecule has 1 aromatic carbocycles. The summed E-state index contributed by atoms with van der Waals surface area (Å²) in [6, 6.07) is 5.58. The van der Waals surface area contributed by atoms with Gasteiger partial charge in [0.15, 0.2) is 0 Å². The first-order valence-corrected chi connectivity index (χ1v) is 4.69. The van der Waals surface area contributed by atoms with Crippen molar-refractivity contribution in [2.24, 2.45) is 0 Å². The predicted molar refractivity (Wildman–Crippen MR) is 56.8 cm³/mol. The van der Waals surface area contributed by atoms with Crippen LogP contribution in [0.1, 0.15) is 18.1 Å². The zero-order valence-corrected chi connectivity index (χ0v) is 8.70. The van der Waals surface area contributed by atoms with Crippen molar-refractivity contribution >= 4 is 17.6 Å². The summed E-state index contributed by atoms with van der Waals surface area (Å²) in [6.45, 7) is 3.78. The summed E-state index contributed by atoms with van der Waals surface area (Å²) < 4.78 is 0. The highest BCUT2D eigenvalue weighted by molar-refractivity contribution is 6.36. The van der Waals surface area contributed by atoms with Crippen molar-refractivity contribution in [3.8, 4) is 0 Å². The number of carboxylic acid groups (broad SMARTS) is 1. The lowest BCUT2D eigenvalue weighted by molar-refractivity contribution is -0.147. The molecule has 2 N–H and O–H groups in total. The molecule has 0 aliphatic carbocycles. The number of aliphatic carboxylic acids is 1. The number of hydrogen-bond donors (Lipinski definition) is 2. The molecule has 4 heteroatoms. The van der Waals surface area contributed by atoms with Crippen molar-refractivity contribution in [2.45, 2.75) is 20.3 Å². The largest absolute Gasteiger partial charge is 0.474 e. The van der Waals surface area contributed by atoms with Crippen molar-refractivity contribution < 1.29 is 14.7 Å². The SMILES string of the molecule is CCc1cccc(C)c1NC(=O)C(=O)O. The smallest absolute Gasteiger partial charge is 0.394 e. The van der Waals surface area contributed by atoms with Crippen LogP contribution in [0.25, 0.3) is 0 Å². The molecule has 0 aliphatic heterocycles. The molecule has 1 amide bonds. The third-order valence-electron chi connectivity index (χ3n) is 2.17. The second-order valence-electron chi connectivity index (χ2n) is 3.22. The molecular formula is C11H13NO3. The molecule has 0 aromatic heterocycles. The molecule has 4 nitrogen and oxygen atoms in total. The normalized spacial score (nSPS) is 9.73. The van der Waals surface area contributed by atoms with Crippen LogP contribution in [0.15, 0.2) is 18.2 Å². The molecule has 0 heterocycles. The van der Waals surface area contributed by atoms with Crippen molar-refractivity contribution in [3.05, 3.63) is 29.3 Å². The average molecular weight is 207 g/mol. The maximum absolute atomic E-state index is 11.0. The maximum Gasteiger partial charge on any atom is 0.394 e. The van der Waals surface area contributed by atoms with Gasteiger partial charge in [0.25, 0.3) is 0 Å². The number of aryl methyl sites for hydroxylation is 2. The van der Waals surface area contributed by atoms with Crippen LogP contribution in [0.3, 0.4) is 0 Å². The number of carbonyl (C=O) groups is 2. The lowest BCUT2D eigenvalue weighted by Gasteiger charge is -2.10. The number of rotatable bonds is 2. The van der Waals surface area contributed by atoms with Gasteiger partial charge in [0, 0.05) is 5.69 Å². The molecule has 0 saturated heterocycles. The predicted octanol–water partition coefficient (Wildman–Crippen LogP) is 1.58. The summed E-state index contributed by atoms with van der Waals surface area (Å²) in [5, 5.41) is 10.9. The first-order valence-electron chi connectivity index (χ1n) is 4.69. The van der Waals surface area contributed by atoms with Crippen LogP contribution in [-0.4, -0.2) is 17.0 Å². The summed E-state index contributed by atoms with van der Waals surface area (Å²) in [4.78, 5) is 21.4. The van der Waals surface area contributed by atoms with E-state index in [1.807, 2.05) is 32.0 Å². The highest BCUT2D eigenvalue weighted by Gasteiger charge is 2.14. The van der Waals surface area contributed by atoms with Gasteiger partial charge >= 0.3 is 11.9 Å². The molecule has 0 radical (unpaired) electrons. The van der Waals surface area contributed by atoms with E-state index >= 15 is 0 Å². The minimum absolute atomic E-state index is 0.604. The Morgan fingerprint density at radius 1 is 1.40 bits per heavy atom. The molecule has 0 spiro atoms. The summed E-state index contributed by atoms with van der Waals surface area (Å²) in [7, 11) is 0. The van der Waals surface area contributed by atoms with E-state index in [9.17, 15) is 9.59 Å². The van der Waals surface area contributed by atoms with Gasteiger partial charge in [0.05, 0.1) is 0 Å². The summed E-state index contributed by atoms with van der Waals surface area (Å²) >= 11 is 0. The van der Waals surface area contributed by atoms with E-state index in [0.717, 1.165) is 17.5 Å². The molecular weight excluding hydrogens is 194 g/mol. The maximum atomic E-state index is 11.0. The second-order valence-corrected chi connectivity index (χ2v) is 3.22. The van der Waals surface area contributed by atoms with Gasteiger partial charge in [-0.2, -0.15) is 0 Å². The third kappa shape index (κ3) is 2.56. The zero-order chi connectivity index (χ0) is 11.4. The molecule has 15 heavy (non-hydrogen) atoms. The fraction of sp³-hybridized carbons (Fsp3) is 0.273. The summed E-state index contributed by atoms with van der Waals surface area (Å²) in [6.07, 6.45) is 0.747. The summed E-state index contributed by atoms with van der Waals surface area (Å²) in [5.41, 5.74) is 2.40. The van der Waals surface area contributed by atoms with E-state index in [1.165, 1.54) is 0 Å². The fourth-order valence-corrected chi connectivity index (χ4v) is 1.37. The summed E-state index contributed by atoms with van der Waals surface area (Å²) in [5.74, 6) is -2.47. The molecule has 80 valence electrons. The average Bonchev–Trinajstić information content (AvgIpc) is 2.20. The van der Waals surface area contributed by atoms with Crippen molar-refractivity contribution in [1.82, 2.24) is 0 Å². The minimum Gasteiger partial charge on any atom is -0.474 e. The van der Waals surface area contributed by atoms with Crippen LogP contribution in [0, 0.1) is 6.92 Å². The lowest BCUT2D eigenvalue weighted by atomic mass is 10.1. The van der Waals surface area contributed by atoms with E-state index in [-0.39, 0.29) is 0 Å². The van der Waals surface area contributed by atoms with E-state index in [1.54, 1.807) is 0 Å². The van der Waals surface area contributed by atoms with Crippen molar-refractivity contribution in [3.63, 3.8) is 0 Å². The molecule has 0 aliphatic rings. The Morgan fingerprint density at radius 3 is 2.60 bits per heavy atom. The van der Waals surface area contributed by atoms with Gasteiger partial charge in [-0.05, 0) is 24.5 Å². The van der Waals surface area contributed by atoms with E-state index in [2.05, 4.69) is 5.32 Å². The quantitative estimate of drug-likeness (QED) is 0.723. The van der Waals surface area contributed by atoms with Crippen molar-refractivity contribution in [2.75, 3.05) is 5.32 Å². The zero-order valence-electron chi connectivity index (χ0n) is 8.70. The first-order chi connectivity index (χ1) is 7.06. The lowest BCUT2D eigenvalue weighted by Crippen LogP contribution is -2.23.